The molecule has 0 bridgehead atoms. The van der Waals surface area contributed by atoms with Gasteiger partial charge >= 0.3 is 0 Å². The Morgan fingerprint density at radius 3 is 2.56 bits per heavy atom. The number of aliphatic hydroxyl groups excluding tert-OH is 1. The Morgan fingerprint density at radius 1 is 1.00 bits per heavy atom. The molecule has 104 valence electrons. The SMILES string of the molecule is OC1CCCC1C1CCCN1CC1CCOCC1. The van der Waals surface area contributed by atoms with Crippen molar-refractivity contribution >= 4 is 0 Å². The molecule has 3 heteroatoms. The average molecular weight is 253 g/mol. The minimum Gasteiger partial charge on any atom is -0.393 e. The van der Waals surface area contributed by atoms with E-state index in [1.165, 1.54) is 51.6 Å². The average Bonchev–Trinajstić information content (AvgIpc) is 2.99. The number of rotatable bonds is 3. The van der Waals surface area contributed by atoms with Crippen LogP contribution in [0, 0.1) is 11.8 Å². The van der Waals surface area contributed by atoms with Gasteiger partial charge in [-0.05, 0) is 51.0 Å². The maximum atomic E-state index is 10.1. The minimum absolute atomic E-state index is 0.0229. The molecule has 0 aromatic rings. The van der Waals surface area contributed by atoms with E-state index in [1.54, 1.807) is 0 Å². The van der Waals surface area contributed by atoms with E-state index < -0.39 is 0 Å². The molecule has 1 N–H and O–H groups in total. The van der Waals surface area contributed by atoms with Gasteiger partial charge in [-0.3, -0.25) is 4.90 Å². The fourth-order valence-corrected chi connectivity index (χ4v) is 4.24. The molecule has 0 radical (unpaired) electrons. The van der Waals surface area contributed by atoms with Crippen LogP contribution in [0.15, 0.2) is 0 Å². The third-order valence-corrected chi connectivity index (χ3v) is 5.27. The molecule has 3 nitrogen and oxygen atoms in total. The van der Waals surface area contributed by atoms with Crippen LogP contribution < -0.4 is 0 Å². The molecule has 1 saturated carbocycles. The maximum Gasteiger partial charge on any atom is 0.0583 e. The molecule has 3 atom stereocenters. The zero-order chi connectivity index (χ0) is 12.4. The molecule has 3 rings (SSSR count). The lowest BCUT2D eigenvalue weighted by Crippen LogP contribution is -2.42. The predicted molar refractivity (Wildman–Crippen MR) is 71.5 cm³/mol. The second kappa shape index (κ2) is 5.89. The third kappa shape index (κ3) is 2.73. The fraction of sp³-hybridized carbons (Fsp3) is 1.00. The molecule has 1 aliphatic carbocycles. The first-order valence-corrected chi connectivity index (χ1v) is 7.84. The normalized spacial score (nSPS) is 39.5. The van der Waals surface area contributed by atoms with Gasteiger partial charge in [0.15, 0.2) is 0 Å². The van der Waals surface area contributed by atoms with Crippen molar-refractivity contribution in [1.29, 1.82) is 0 Å². The highest BCUT2D eigenvalue weighted by atomic mass is 16.5. The molecular weight excluding hydrogens is 226 g/mol. The van der Waals surface area contributed by atoms with E-state index in [9.17, 15) is 5.11 Å². The molecule has 3 aliphatic rings. The lowest BCUT2D eigenvalue weighted by molar-refractivity contribution is 0.0334. The highest BCUT2D eigenvalue weighted by molar-refractivity contribution is 4.92. The van der Waals surface area contributed by atoms with Crippen molar-refractivity contribution in [1.82, 2.24) is 4.90 Å². The summed E-state index contributed by atoms with van der Waals surface area (Å²) < 4.78 is 5.45. The van der Waals surface area contributed by atoms with Crippen LogP contribution in [0.1, 0.15) is 44.9 Å². The van der Waals surface area contributed by atoms with Gasteiger partial charge in [0, 0.05) is 31.7 Å². The quantitative estimate of drug-likeness (QED) is 0.835. The van der Waals surface area contributed by atoms with Gasteiger partial charge in [0.25, 0.3) is 0 Å². The smallest absolute Gasteiger partial charge is 0.0583 e. The summed E-state index contributed by atoms with van der Waals surface area (Å²) in [7, 11) is 0. The number of ether oxygens (including phenoxy) is 1. The minimum atomic E-state index is -0.0229. The Hall–Kier alpha value is -0.120. The standard InChI is InChI=1S/C15H27NO2/c17-15-5-1-3-13(15)14-4-2-8-16(14)11-12-6-9-18-10-7-12/h12-15,17H,1-11H2. The van der Waals surface area contributed by atoms with Crippen molar-refractivity contribution in [2.24, 2.45) is 11.8 Å². The zero-order valence-electron chi connectivity index (χ0n) is 11.4. The van der Waals surface area contributed by atoms with Gasteiger partial charge in [-0.1, -0.05) is 6.42 Å². The first kappa shape index (κ1) is 12.9. The van der Waals surface area contributed by atoms with Gasteiger partial charge in [0.1, 0.15) is 0 Å². The number of aliphatic hydroxyl groups is 1. The first-order valence-electron chi connectivity index (χ1n) is 7.84. The fourth-order valence-electron chi connectivity index (χ4n) is 4.24. The molecule has 0 amide bonds. The number of hydrogen-bond acceptors (Lipinski definition) is 3. The highest BCUT2D eigenvalue weighted by Crippen LogP contribution is 2.36. The van der Waals surface area contributed by atoms with E-state index in [4.69, 9.17) is 4.74 Å². The topological polar surface area (TPSA) is 32.7 Å². The molecule has 2 heterocycles. The molecule has 2 saturated heterocycles. The van der Waals surface area contributed by atoms with Crippen molar-refractivity contribution in [2.45, 2.75) is 57.1 Å². The van der Waals surface area contributed by atoms with Crippen LogP contribution in [0.25, 0.3) is 0 Å². The van der Waals surface area contributed by atoms with Crippen LogP contribution in [0.2, 0.25) is 0 Å². The predicted octanol–water partition coefficient (Wildman–Crippen LogP) is 2.04. The van der Waals surface area contributed by atoms with E-state index in [0.29, 0.717) is 12.0 Å². The second-order valence-electron chi connectivity index (χ2n) is 6.42. The summed E-state index contributed by atoms with van der Waals surface area (Å²) in [4.78, 5) is 2.69. The van der Waals surface area contributed by atoms with Gasteiger partial charge in [-0.15, -0.1) is 0 Å². The molecule has 3 unspecified atom stereocenters. The molecule has 0 spiro atoms. The van der Waals surface area contributed by atoms with E-state index in [2.05, 4.69) is 4.90 Å². The Morgan fingerprint density at radius 2 is 1.83 bits per heavy atom. The second-order valence-corrected chi connectivity index (χ2v) is 6.42. The third-order valence-electron chi connectivity index (χ3n) is 5.27. The summed E-state index contributed by atoms with van der Waals surface area (Å²) in [6.07, 6.45) is 8.59. The first-order chi connectivity index (χ1) is 8.84. The Balaban J connectivity index is 1.56. The summed E-state index contributed by atoms with van der Waals surface area (Å²) in [6.45, 7) is 4.41. The van der Waals surface area contributed by atoms with Crippen molar-refractivity contribution < 1.29 is 9.84 Å². The van der Waals surface area contributed by atoms with Crippen molar-refractivity contribution in [3.63, 3.8) is 0 Å². The van der Waals surface area contributed by atoms with Crippen LogP contribution >= 0.6 is 0 Å². The largest absolute Gasteiger partial charge is 0.393 e. The highest BCUT2D eigenvalue weighted by Gasteiger charge is 2.38. The van der Waals surface area contributed by atoms with Gasteiger partial charge < -0.3 is 9.84 Å². The van der Waals surface area contributed by atoms with E-state index in [0.717, 1.165) is 25.6 Å². The molecule has 0 aromatic carbocycles. The Labute approximate surface area is 110 Å². The van der Waals surface area contributed by atoms with Gasteiger partial charge in [0.2, 0.25) is 0 Å². The van der Waals surface area contributed by atoms with Gasteiger partial charge in [-0.2, -0.15) is 0 Å². The van der Waals surface area contributed by atoms with Crippen LogP contribution in [-0.4, -0.2) is 48.5 Å². The van der Waals surface area contributed by atoms with Crippen molar-refractivity contribution in [3.05, 3.63) is 0 Å². The van der Waals surface area contributed by atoms with Gasteiger partial charge in [-0.25, -0.2) is 0 Å². The summed E-state index contributed by atoms with van der Waals surface area (Å²) in [5, 5.41) is 10.1. The van der Waals surface area contributed by atoms with E-state index in [-0.39, 0.29) is 6.10 Å². The lowest BCUT2D eigenvalue weighted by Gasteiger charge is -2.34. The number of hydrogen-bond donors (Lipinski definition) is 1. The van der Waals surface area contributed by atoms with Crippen molar-refractivity contribution in [2.75, 3.05) is 26.3 Å². The maximum absolute atomic E-state index is 10.1. The summed E-state index contributed by atoms with van der Waals surface area (Å²) >= 11 is 0. The molecule has 0 aromatic heterocycles. The molecule has 2 aliphatic heterocycles. The Kier molecular flexibility index (Phi) is 4.22. The van der Waals surface area contributed by atoms with Crippen LogP contribution in [0.3, 0.4) is 0 Å². The van der Waals surface area contributed by atoms with Crippen molar-refractivity contribution in [3.8, 4) is 0 Å². The summed E-state index contributed by atoms with van der Waals surface area (Å²) in [5.74, 6) is 1.39. The van der Waals surface area contributed by atoms with Gasteiger partial charge in [0.05, 0.1) is 6.10 Å². The lowest BCUT2D eigenvalue weighted by atomic mass is 9.92. The molecule has 18 heavy (non-hydrogen) atoms. The number of nitrogens with zero attached hydrogens (tertiary/aromatic N) is 1. The van der Waals surface area contributed by atoms with Crippen LogP contribution in [0.4, 0.5) is 0 Å². The molecule has 3 fully saturated rings. The number of likely N-dealkylation sites (tertiary alicyclic amines) is 1. The Bertz CT molecular complexity index is 265. The summed E-state index contributed by atoms with van der Waals surface area (Å²) in [5.41, 5.74) is 0. The molecular formula is C15H27NO2. The van der Waals surface area contributed by atoms with E-state index >= 15 is 0 Å². The van der Waals surface area contributed by atoms with Crippen LogP contribution in [-0.2, 0) is 4.74 Å². The zero-order valence-corrected chi connectivity index (χ0v) is 11.4. The monoisotopic (exact) mass is 253 g/mol. The van der Waals surface area contributed by atoms with E-state index in [1.807, 2.05) is 0 Å². The summed E-state index contributed by atoms with van der Waals surface area (Å²) in [6, 6.07) is 0.672. The van der Waals surface area contributed by atoms with Crippen LogP contribution in [0.5, 0.6) is 0 Å².